The number of hydrogen-bond donors (Lipinski definition) is 3. The zero-order valence-electron chi connectivity index (χ0n) is 9.54. The molecule has 0 spiro atoms. The fraction of sp³-hybridized carbons (Fsp3) is 0. The number of fused-ring (bicyclic) bond motifs is 1. The molecular weight excluding hydrogens is 228 g/mol. The quantitative estimate of drug-likeness (QED) is 0.434. The molecule has 0 fully saturated rings. The fourth-order valence-corrected chi connectivity index (χ4v) is 1.94. The van der Waals surface area contributed by atoms with E-state index in [4.69, 9.17) is 17.3 Å². The average molecular weight is 240 g/mol. The first-order valence-electron chi connectivity index (χ1n) is 5.41. The number of rotatable bonds is 1. The van der Waals surface area contributed by atoms with Crippen molar-refractivity contribution in [2.75, 3.05) is 17.3 Å². The largest absolute Gasteiger partial charge is 0.398 e. The molecule has 0 unspecified atom stereocenters. The minimum Gasteiger partial charge on any atom is -0.398 e. The highest BCUT2D eigenvalue weighted by atomic mass is 15.4. The van der Waals surface area contributed by atoms with Gasteiger partial charge in [0.05, 0.1) is 0 Å². The van der Waals surface area contributed by atoms with Gasteiger partial charge in [-0.1, -0.05) is 24.3 Å². The van der Waals surface area contributed by atoms with Gasteiger partial charge in [0.15, 0.2) is 5.82 Å². The van der Waals surface area contributed by atoms with Crippen molar-refractivity contribution in [3.05, 3.63) is 36.4 Å². The zero-order valence-corrected chi connectivity index (χ0v) is 9.54. The molecule has 6 nitrogen and oxygen atoms in total. The lowest BCUT2D eigenvalue weighted by Crippen LogP contribution is -2.13. The summed E-state index contributed by atoms with van der Waals surface area (Å²) >= 11 is 0. The van der Waals surface area contributed by atoms with E-state index in [1.165, 1.54) is 4.68 Å². The first-order chi connectivity index (χ1) is 8.66. The second kappa shape index (κ2) is 3.63. The van der Waals surface area contributed by atoms with Crippen LogP contribution in [-0.4, -0.2) is 14.9 Å². The molecule has 2 aromatic carbocycles. The molecule has 0 aliphatic rings. The predicted molar refractivity (Wildman–Crippen MR) is 71.9 cm³/mol. The van der Waals surface area contributed by atoms with E-state index in [1.54, 1.807) is 0 Å². The van der Waals surface area contributed by atoms with Crippen molar-refractivity contribution in [3.8, 4) is 11.4 Å². The number of nitrogen functional groups attached to an aromatic ring is 3. The Balaban J connectivity index is 2.29. The van der Waals surface area contributed by atoms with Crippen LogP contribution in [0.2, 0.25) is 0 Å². The highest BCUT2D eigenvalue weighted by Gasteiger charge is 2.12. The number of nitrogens with zero attached hydrogens (tertiary/aromatic N) is 3. The van der Waals surface area contributed by atoms with Crippen LogP contribution in [0.5, 0.6) is 0 Å². The second-order valence-electron chi connectivity index (χ2n) is 4.04. The van der Waals surface area contributed by atoms with Crippen molar-refractivity contribution in [1.82, 2.24) is 14.9 Å². The molecule has 0 saturated heterocycles. The molecule has 0 aliphatic heterocycles. The molecule has 3 rings (SSSR count). The van der Waals surface area contributed by atoms with Gasteiger partial charge in [-0.25, -0.2) is 4.68 Å². The third-order valence-electron chi connectivity index (χ3n) is 2.88. The number of nitrogens with two attached hydrogens (primary N) is 3. The van der Waals surface area contributed by atoms with E-state index >= 15 is 0 Å². The van der Waals surface area contributed by atoms with E-state index in [9.17, 15) is 0 Å². The summed E-state index contributed by atoms with van der Waals surface area (Å²) in [6.45, 7) is 0. The maximum absolute atomic E-state index is 6.02. The molecule has 6 N–H and O–H groups in total. The maximum Gasteiger partial charge on any atom is 0.241 e. The molecule has 0 radical (unpaired) electrons. The summed E-state index contributed by atoms with van der Waals surface area (Å²) in [4.78, 5) is 0. The maximum atomic E-state index is 6.02. The van der Waals surface area contributed by atoms with E-state index < -0.39 is 0 Å². The van der Waals surface area contributed by atoms with E-state index in [1.807, 2.05) is 36.4 Å². The summed E-state index contributed by atoms with van der Waals surface area (Å²) in [5, 5.41) is 9.78. The van der Waals surface area contributed by atoms with Crippen molar-refractivity contribution in [1.29, 1.82) is 0 Å². The highest BCUT2D eigenvalue weighted by Crippen LogP contribution is 2.29. The summed E-state index contributed by atoms with van der Waals surface area (Å²) < 4.78 is 1.22. The lowest BCUT2D eigenvalue weighted by molar-refractivity contribution is 1.02. The van der Waals surface area contributed by atoms with Gasteiger partial charge < -0.3 is 17.3 Å². The van der Waals surface area contributed by atoms with Crippen LogP contribution in [0.25, 0.3) is 22.2 Å². The molecule has 1 aromatic heterocycles. The Morgan fingerprint density at radius 1 is 0.944 bits per heavy atom. The molecule has 6 heteroatoms. The normalized spacial score (nSPS) is 10.9. The molecule has 0 atom stereocenters. The second-order valence-corrected chi connectivity index (χ2v) is 4.04. The van der Waals surface area contributed by atoms with Crippen LogP contribution >= 0.6 is 0 Å². The van der Waals surface area contributed by atoms with Gasteiger partial charge in [0.2, 0.25) is 5.95 Å². The number of aromatic nitrogens is 3. The summed E-state index contributed by atoms with van der Waals surface area (Å²) in [5.41, 5.74) is 12.9. The Morgan fingerprint density at radius 3 is 2.22 bits per heavy atom. The van der Waals surface area contributed by atoms with Crippen LogP contribution in [-0.2, 0) is 0 Å². The first kappa shape index (κ1) is 10.4. The third-order valence-corrected chi connectivity index (χ3v) is 2.88. The SMILES string of the molecule is Nc1cc2ccccc2cc1-c1nnc(N)n1N. The highest BCUT2D eigenvalue weighted by molar-refractivity contribution is 5.92. The zero-order chi connectivity index (χ0) is 12.7. The Labute approximate surface area is 103 Å². The molecule has 3 aromatic rings. The van der Waals surface area contributed by atoms with E-state index in [2.05, 4.69) is 10.2 Å². The molecule has 1 heterocycles. The van der Waals surface area contributed by atoms with Crippen molar-refractivity contribution in [2.24, 2.45) is 0 Å². The van der Waals surface area contributed by atoms with Crippen molar-refractivity contribution in [3.63, 3.8) is 0 Å². The minimum atomic E-state index is 0.151. The van der Waals surface area contributed by atoms with Crippen LogP contribution < -0.4 is 17.3 Å². The van der Waals surface area contributed by atoms with E-state index in [0.29, 0.717) is 11.5 Å². The van der Waals surface area contributed by atoms with E-state index in [-0.39, 0.29) is 5.95 Å². The minimum absolute atomic E-state index is 0.151. The van der Waals surface area contributed by atoms with Crippen molar-refractivity contribution in [2.45, 2.75) is 0 Å². The van der Waals surface area contributed by atoms with Crippen molar-refractivity contribution >= 4 is 22.4 Å². The molecule has 0 saturated carbocycles. The standard InChI is InChI=1S/C12H12N6/c13-10-6-8-4-2-1-3-7(8)5-9(10)11-16-17-12(14)18(11)15/h1-6H,13,15H2,(H2,14,17). The topological polar surface area (TPSA) is 109 Å². The van der Waals surface area contributed by atoms with Crippen LogP contribution in [0.3, 0.4) is 0 Å². The Morgan fingerprint density at radius 2 is 1.61 bits per heavy atom. The molecule has 90 valence electrons. The molecule has 0 bridgehead atoms. The Kier molecular flexibility index (Phi) is 2.09. The Hall–Kier alpha value is -2.76. The monoisotopic (exact) mass is 240 g/mol. The fourth-order valence-electron chi connectivity index (χ4n) is 1.94. The van der Waals surface area contributed by atoms with Crippen LogP contribution in [0, 0.1) is 0 Å². The molecular formula is C12H12N6. The number of benzene rings is 2. The summed E-state index contributed by atoms with van der Waals surface area (Å²) in [6.07, 6.45) is 0. The summed E-state index contributed by atoms with van der Waals surface area (Å²) in [6, 6.07) is 11.7. The summed E-state index contributed by atoms with van der Waals surface area (Å²) in [5.74, 6) is 6.36. The predicted octanol–water partition coefficient (Wildman–Crippen LogP) is 0.976. The van der Waals surface area contributed by atoms with E-state index in [0.717, 1.165) is 16.3 Å². The lowest BCUT2D eigenvalue weighted by Gasteiger charge is -2.07. The van der Waals surface area contributed by atoms with Gasteiger partial charge in [0, 0.05) is 11.3 Å². The molecule has 0 amide bonds. The number of hydrogen-bond acceptors (Lipinski definition) is 5. The summed E-state index contributed by atoms with van der Waals surface area (Å²) in [7, 11) is 0. The van der Waals surface area contributed by atoms with Gasteiger partial charge in [-0.2, -0.15) is 0 Å². The first-order valence-corrected chi connectivity index (χ1v) is 5.41. The van der Waals surface area contributed by atoms with Gasteiger partial charge >= 0.3 is 0 Å². The average Bonchev–Trinajstić information content (AvgIpc) is 2.69. The number of anilines is 2. The Bertz CT molecular complexity index is 731. The lowest BCUT2D eigenvalue weighted by atomic mass is 10.0. The molecule has 0 aliphatic carbocycles. The van der Waals surface area contributed by atoms with Crippen LogP contribution in [0.1, 0.15) is 0 Å². The van der Waals surface area contributed by atoms with Gasteiger partial charge in [-0.15, -0.1) is 10.2 Å². The third kappa shape index (κ3) is 1.43. The van der Waals surface area contributed by atoms with Crippen LogP contribution in [0.4, 0.5) is 11.6 Å². The van der Waals surface area contributed by atoms with Gasteiger partial charge in [0.1, 0.15) is 0 Å². The van der Waals surface area contributed by atoms with Gasteiger partial charge in [0.25, 0.3) is 0 Å². The smallest absolute Gasteiger partial charge is 0.241 e. The van der Waals surface area contributed by atoms with Gasteiger partial charge in [-0.05, 0) is 22.9 Å². The van der Waals surface area contributed by atoms with Crippen LogP contribution in [0.15, 0.2) is 36.4 Å². The van der Waals surface area contributed by atoms with Gasteiger partial charge in [-0.3, -0.25) is 0 Å². The van der Waals surface area contributed by atoms with Crippen molar-refractivity contribution < 1.29 is 0 Å². The molecule has 18 heavy (non-hydrogen) atoms.